The Labute approximate surface area is 214 Å². The van der Waals surface area contributed by atoms with Gasteiger partial charge >= 0.3 is 0 Å². The van der Waals surface area contributed by atoms with Gasteiger partial charge in [0, 0.05) is 28.9 Å². The van der Waals surface area contributed by atoms with Crippen LogP contribution in [0, 0.1) is 5.92 Å². The molecule has 2 bridgehead atoms. The zero-order valence-corrected chi connectivity index (χ0v) is 20.7. The number of phenols is 1. The number of hydrogen-bond donors (Lipinski definition) is 2. The van der Waals surface area contributed by atoms with Gasteiger partial charge in [0.05, 0.1) is 24.9 Å². The van der Waals surface area contributed by atoms with E-state index < -0.39 is 5.60 Å². The molecular formula is C29H28N3O3S+. The predicted molar refractivity (Wildman–Crippen MR) is 137 cm³/mol. The third kappa shape index (κ3) is 3.41. The second-order valence-electron chi connectivity index (χ2n) is 10.4. The maximum Gasteiger partial charge on any atom is 0.271 e. The molecule has 1 aliphatic carbocycles. The highest BCUT2D eigenvalue weighted by atomic mass is 32.2. The number of fused-ring (bicyclic) bond motifs is 6. The van der Waals surface area contributed by atoms with Gasteiger partial charge < -0.3 is 19.1 Å². The Hall–Kier alpha value is -3.13. The van der Waals surface area contributed by atoms with Crippen LogP contribution in [0.25, 0.3) is 11.1 Å². The van der Waals surface area contributed by atoms with E-state index in [0.717, 1.165) is 51.3 Å². The number of thioether (sulfide) groups is 1. The molecule has 1 atom stereocenters. The third-order valence-electron chi connectivity index (χ3n) is 8.32. The molecule has 1 aromatic heterocycles. The number of aromatic hydroxyl groups is 1. The van der Waals surface area contributed by atoms with E-state index in [1.807, 2.05) is 72.4 Å². The lowest BCUT2D eigenvalue weighted by molar-refractivity contribution is -0.955. The van der Waals surface area contributed by atoms with Gasteiger partial charge in [-0.3, -0.25) is 0 Å². The zero-order chi connectivity index (χ0) is 24.3. The van der Waals surface area contributed by atoms with Gasteiger partial charge in [0.2, 0.25) is 0 Å². The zero-order valence-electron chi connectivity index (χ0n) is 19.9. The van der Waals surface area contributed by atoms with Crippen molar-refractivity contribution in [3.8, 4) is 16.9 Å². The van der Waals surface area contributed by atoms with Crippen LogP contribution >= 0.6 is 11.8 Å². The van der Waals surface area contributed by atoms with Crippen molar-refractivity contribution in [2.75, 3.05) is 19.6 Å². The van der Waals surface area contributed by atoms with E-state index in [-0.39, 0.29) is 5.89 Å². The minimum atomic E-state index is -1.44. The number of nitrogens with zero attached hydrogens (tertiary/aromatic N) is 3. The number of hydrogen-bond acceptors (Lipinski definition) is 6. The topological polar surface area (TPSA) is 79.4 Å². The number of phenolic OH excluding ortho intramolecular Hbond substituents is 1. The lowest BCUT2D eigenvalue weighted by Gasteiger charge is -2.51. The highest BCUT2D eigenvalue weighted by molar-refractivity contribution is 8.00. The summed E-state index contributed by atoms with van der Waals surface area (Å²) in [6.07, 6.45) is 2.37. The van der Waals surface area contributed by atoms with Crippen LogP contribution in [-0.4, -0.2) is 49.8 Å². The van der Waals surface area contributed by atoms with Gasteiger partial charge in [-0.1, -0.05) is 54.6 Å². The molecule has 4 aliphatic rings. The highest BCUT2D eigenvalue weighted by Gasteiger charge is 2.49. The van der Waals surface area contributed by atoms with E-state index in [1.54, 1.807) is 6.07 Å². The van der Waals surface area contributed by atoms with Crippen molar-refractivity contribution in [3.05, 3.63) is 95.7 Å². The lowest BCUT2D eigenvalue weighted by Crippen LogP contribution is -2.62. The summed E-state index contributed by atoms with van der Waals surface area (Å²) in [7, 11) is 0. The molecule has 3 fully saturated rings. The van der Waals surface area contributed by atoms with Crippen molar-refractivity contribution in [1.29, 1.82) is 0 Å². The van der Waals surface area contributed by atoms with Gasteiger partial charge in [0.15, 0.2) is 12.1 Å². The Bertz CT molecular complexity index is 1400. The quantitative estimate of drug-likeness (QED) is 0.380. The summed E-state index contributed by atoms with van der Waals surface area (Å²) < 4.78 is 7.20. The first-order chi connectivity index (χ1) is 17.5. The van der Waals surface area contributed by atoms with Crippen LogP contribution in [0.1, 0.15) is 35.7 Å². The van der Waals surface area contributed by atoms with E-state index in [4.69, 9.17) is 4.42 Å². The van der Waals surface area contributed by atoms with Gasteiger partial charge in [-0.2, -0.15) is 0 Å². The minimum Gasteiger partial charge on any atom is -0.508 e. The Balaban J connectivity index is 1.17. The molecule has 8 rings (SSSR count). The summed E-state index contributed by atoms with van der Waals surface area (Å²) in [6, 6.07) is 23.4. The predicted octanol–water partition coefficient (Wildman–Crippen LogP) is 4.94. The maximum atomic E-state index is 12.0. The first-order valence-electron chi connectivity index (χ1n) is 12.6. The van der Waals surface area contributed by atoms with Crippen LogP contribution in [0.4, 0.5) is 0 Å². The van der Waals surface area contributed by atoms with Gasteiger partial charge in [-0.15, -0.1) is 22.0 Å². The third-order valence-corrected chi connectivity index (χ3v) is 9.68. The molecule has 4 heterocycles. The van der Waals surface area contributed by atoms with Crippen molar-refractivity contribution in [1.82, 2.24) is 10.2 Å². The second-order valence-corrected chi connectivity index (χ2v) is 11.7. The molecular weight excluding hydrogens is 470 g/mol. The Morgan fingerprint density at radius 2 is 1.61 bits per heavy atom. The molecule has 3 saturated heterocycles. The van der Waals surface area contributed by atoms with Crippen LogP contribution in [0.15, 0.2) is 82.1 Å². The standard InChI is InChI=1S/C29H27N3O3S/c33-20-6-5-7-21(16-20)36-26-17-32(14-12-19(26)13-15-32)18-27-30-31-28(35-27)29(34)24-10-3-1-8-22(24)23-9-2-4-11-25(23)29/h1-11,16,19,26,34H,12-15,17-18H2/p+1. The number of quaternary nitrogens is 1. The van der Waals surface area contributed by atoms with E-state index >= 15 is 0 Å². The lowest BCUT2D eigenvalue weighted by atomic mass is 9.85. The fourth-order valence-electron chi connectivity index (χ4n) is 6.50. The van der Waals surface area contributed by atoms with E-state index in [9.17, 15) is 10.2 Å². The highest BCUT2D eigenvalue weighted by Crippen LogP contribution is 2.50. The molecule has 182 valence electrons. The Morgan fingerprint density at radius 1 is 0.917 bits per heavy atom. The molecule has 7 heteroatoms. The second kappa shape index (κ2) is 8.20. The molecule has 0 saturated carbocycles. The average Bonchev–Trinajstić information content (AvgIpc) is 3.47. The number of aromatic nitrogens is 2. The summed E-state index contributed by atoms with van der Waals surface area (Å²) in [5, 5.41) is 31.2. The van der Waals surface area contributed by atoms with Gasteiger partial charge in [-0.05, 0) is 35.2 Å². The number of rotatable bonds is 5. The van der Waals surface area contributed by atoms with Crippen LogP contribution in [-0.2, 0) is 12.1 Å². The summed E-state index contributed by atoms with van der Waals surface area (Å²) in [4.78, 5) is 1.12. The first kappa shape index (κ1) is 22.1. The van der Waals surface area contributed by atoms with Crippen molar-refractivity contribution in [3.63, 3.8) is 0 Å². The molecule has 0 amide bonds. The average molecular weight is 499 g/mol. The first-order valence-corrected chi connectivity index (χ1v) is 13.5. The molecule has 1 unspecified atom stereocenters. The molecule has 3 aliphatic heterocycles. The number of aliphatic hydroxyl groups is 1. The normalized spacial score (nSPS) is 25.5. The van der Waals surface area contributed by atoms with E-state index in [2.05, 4.69) is 16.3 Å². The van der Waals surface area contributed by atoms with E-state index in [1.165, 1.54) is 12.8 Å². The SMILES string of the molecule is Oc1cccc(SC2C[N+]3(Cc4nnc(C5(O)c6ccccc6-c6ccccc65)o4)CCC2CC3)c1. The van der Waals surface area contributed by atoms with Gasteiger partial charge in [0.1, 0.15) is 5.75 Å². The summed E-state index contributed by atoms with van der Waals surface area (Å²) >= 11 is 1.88. The van der Waals surface area contributed by atoms with Crippen molar-refractivity contribution in [2.24, 2.45) is 5.92 Å². The summed E-state index contributed by atoms with van der Waals surface area (Å²) in [5.41, 5.74) is 2.13. The number of benzene rings is 3. The Kier molecular flexibility index (Phi) is 5.03. The van der Waals surface area contributed by atoms with Crippen molar-refractivity contribution < 1.29 is 19.1 Å². The van der Waals surface area contributed by atoms with Gasteiger partial charge in [0.25, 0.3) is 11.8 Å². The maximum absolute atomic E-state index is 12.0. The fraction of sp³-hybridized carbons (Fsp3) is 0.310. The molecule has 0 spiro atoms. The summed E-state index contributed by atoms with van der Waals surface area (Å²) in [5.74, 6) is 1.84. The van der Waals surface area contributed by atoms with E-state index in [0.29, 0.717) is 29.4 Å². The Morgan fingerprint density at radius 3 is 2.31 bits per heavy atom. The largest absolute Gasteiger partial charge is 0.508 e. The van der Waals surface area contributed by atoms with Crippen LogP contribution in [0.5, 0.6) is 5.75 Å². The molecule has 2 N–H and O–H groups in total. The molecule has 36 heavy (non-hydrogen) atoms. The fourth-order valence-corrected chi connectivity index (χ4v) is 8.05. The summed E-state index contributed by atoms with van der Waals surface area (Å²) in [6.45, 7) is 3.93. The minimum absolute atomic E-state index is 0.241. The molecule has 4 aromatic rings. The molecule has 0 radical (unpaired) electrons. The molecule has 6 nitrogen and oxygen atoms in total. The van der Waals surface area contributed by atoms with Crippen LogP contribution in [0.2, 0.25) is 0 Å². The van der Waals surface area contributed by atoms with Crippen LogP contribution in [0.3, 0.4) is 0 Å². The smallest absolute Gasteiger partial charge is 0.271 e. The van der Waals surface area contributed by atoms with Crippen molar-refractivity contribution >= 4 is 11.8 Å². The number of piperidine rings is 3. The van der Waals surface area contributed by atoms with Crippen molar-refractivity contribution in [2.45, 2.75) is 35.1 Å². The monoisotopic (exact) mass is 498 g/mol. The van der Waals surface area contributed by atoms with Crippen LogP contribution < -0.4 is 0 Å². The van der Waals surface area contributed by atoms with Gasteiger partial charge in [-0.25, -0.2) is 0 Å². The molecule has 3 aromatic carbocycles.